The van der Waals surface area contributed by atoms with Crippen LogP contribution in [0.1, 0.15) is 50.2 Å². The average Bonchev–Trinajstić information content (AvgIpc) is 3.28. The van der Waals surface area contributed by atoms with Gasteiger partial charge in [0.05, 0.1) is 0 Å². The number of rotatable bonds is 5. The molecule has 0 unspecified atom stereocenters. The smallest absolute Gasteiger partial charge is 0.00574 e. The highest BCUT2D eigenvalue weighted by Crippen LogP contribution is 2.55. The van der Waals surface area contributed by atoms with Crippen LogP contribution < -0.4 is 0 Å². The van der Waals surface area contributed by atoms with Gasteiger partial charge in [0.1, 0.15) is 0 Å². The average molecular weight is 338 g/mol. The molecule has 3 aromatic rings. The van der Waals surface area contributed by atoms with Gasteiger partial charge in [-0.3, -0.25) is 0 Å². The van der Waals surface area contributed by atoms with E-state index >= 15 is 0 Å². The molecule has 0 heteroatoms. The van der Waals surface area contributed by atoms with E-state index in [2.05, 4.69) is 73.7 Å². The number of hydrogen-bond acceptors (Lipinski definition) is 0. The maximum Gasteiger partial charge on any atom is -0.00574 e. The quantitative estimate of drug-likeness (QED) is 0.454. The zero-order valence-corrected chi connectivity index (χ0v) is 15.6. The van der Waals surface area contributed by atoms with Gasteiger partial charge in [0.2, 0.25) is 0 Å². The van der Waals surface area contributed by atoms with Crippen LogP contribution in [0.2, 0.25) is 0 Å². The minimum atomic E-state index is 0.645. The number of benzene rings is 3. The summed E-state index contributed by atoms with van der Waals surface area (Å²) in [5.41, 5.74) is 8.00. The molecule has 0 spiro atoms. The van der Waals surface area contributed by atoms with Crippen LogP contribution in [0.3, 0.4) is 0 Å². The van der Waals surface area contributed by atoms with E-state index in [-0.39, 0.29) is 0 Å². The van der Waals surface area contributed by atoms with Crippen LogP contribution in [0.5, 0.6) is 0 Å². The van der Waals surface area contributed by atoms with Crippen molar-refractivity contribution in [3.8, 4) is 11.1 Å². The van der Waals surface area contributed by atoms with E-state index in [0.717, 1.165) is 6.42 Å². The van der Waals surface area contributed by atoms with E-state index in [4.69, 9.17) is 0 Å². The lowest BCUT2D eigenvalue weighted by molar-refractivity contribution is 0.454. The van der Waals surface area contributed by atoms with E-state index in [9.17, 15) is 0 Å². The van der Waals surface area contributed by atoms with Crippen molar-refractivity contribution in [1.29, 1.82) is 0 Å². The van der Waals surface area contributed by atoms with Crippen LogP contribution in [0.25, 0.3) is 28.0 Å². The van der Waals surface area contributed by atoms with E-state index in [1.54, 1.807) is 5.57 Å². The van der Waals surface area contributed by atoms with Gasteiger partial charge in [-0.05, 0) is 76.6 Å². The van der Waals surface area contributed by atoms with Gasteiger partial charge in [-0.15, -0.1) is 0 Å². The van der Waals surface area contributed by atoms with Crippen LogP contribution in [0.4, 0.5) is 0 Å². The Labute approximate surface area is 156 Å². The fourth-order valence-electron chi connectivity index (χ4n) is 4.86. The van der Waals surface area contributed by atoms with Crippen molar-refractivity contribution in [2.24, 2.45) is 5.41 Å². The Kier molecular flexibility index (Phi) is 3.74. The van der Waals surface area contributed by atoms with Crippen LogP contribution >= 0.6 is 0 Å². The Hall–Kier alpha value is -2.34. The van der Waals surface area contributed by atoms with Crippen LogP contribution in [-0.4, -0.2) is 0 Å². The molecule has 130 valence electrons. The predicted molar refractivity (Wildman–Crippen MR) is 112 cm³/mol. The molecule has 0 bridgehead atoms. The van der Waals surface area contributed by atoms with Gasteiger partial charge in [-0.25, -0.2) is 0 Å². The van der Waals surface area contributed by atoms with Crippen LogP contribution in [0.15, 0.2) is 66.2 Å². The second-order valence-electron chi connectivity index (χ2n) is 8.35. The molecule has 0 amide bonds. The third-order valence-corrected chi connectivity index (χ3v) is 6.36. The molecule has 0 aliphatic heterocycles. The summed E-state index contributed by atoms with van der Waals surface area (Å²) in [5.74, 6) is 0. The number of fused-ring (bicyclic) bond motifs is 2. The van der Waals surface area contributed by atoms with Crippen molar-refractivity contribution in [3.63, 3.8) is 0 Å². The molecule has 2 aliphatic rings. The van der Waals surface area contributed by atoms with Gasteiger partial charge in [0, 0.05) is 0 Å². The second kappa shape index (κ2) is 6.13. The number of allylic oxidation sites excluding steroid dienone is 1. The van der Waals surface area contributed by atoms with Crippen molar-refractivity contribution in [2.45, 2.75) is 45.4 Å². The molecule has 5 rings (SSSR count). The highest BCUT2D eigenvalue weighted by Gasteiger charge is 2.42. The fourth-order valence-corrected chi connectivity index (χ4v) is 4.86. The number of hydrogen-bond donors (Lipinski definition) is 0. The lowest BCUT2D eigenvalue weighted by atomic mass is 9.91. The molecule has 0 nitrogen and oxygen atoms in total. The lowest BCUT2D eigenvalue weighted by Gasteiger charge is -2.14. The Morgan fingerprint density at radius 1 is 0.885 bits per heavy atom. The maximum absolute atomic E-state index is 2.51. The first-order valence-electron chi connectivity index (χ1n) is 10.1. The molecule has 0 saturated heterocycles. The van der Waals surface area contributed by atoms with Crippen molar-refractivity contribution >= 4 is 16.8 Å². The Balaban J connectivity index is 1.51. The maximum atomic E-state index is 2.51. The third kappa shape index (κ3) is 2.78. The van der Waals surface area contributed by atoms with E-state index in [1.807, 2.05) is 0 Å². The molecule has 0 heterocycles. The summed E-state index contributed by atoms with van der Waals surface area (Å²) in [5, 5.41) is 2.64. The minimum Gasteiger partial charge on any atom is -0.0654 e. The van der Waals surface area contributed by atoms with Crippen molar-refractivity contribution in [2.75, 3.05) is 0 Å². The van der Waals surface area contributed by atoms with Crippen LogP contribution in [0, 0.1) is 5.41 Å². The van der Waals surface area contributed by atoms with Crippen molar-refractivity contribution in [1.82, 2.24) is 0 Å². The van der Waals surface area contributed by atoms with Gasteiger partial charge in [-0.2, -0.15) is 0 Å². The van der Waals surface area contributed by atoms with Gasteiger partial charge in [0.25, 0.3) is 0 Å². The van der Waals surface area contributed by atoms with Crippen LogP contribution in [-0.2, 0) is 6.42 Å². The molecule has 1 saturated carbocycles. The van der Waals surface area contributed by atoms with Gasteiger partial charge in [0.15, 0.2) is 0 Å². The standard InChI is InChI=1S/C26H26/c1-2-12-26(13-14-26)18-19-15-22-8-5-9-24(25(22)16-19)23-11-10-20-6-3-4-7-21(20)17-23/h3-11,16-17H,2,12-15,18H2,1H3. The van der Waals surface area contributed by atoms with Gasteiger partial charge >= 0.3 is 0 Å². The molecule has 26 heavy (non-hydrogen) atoms. The zero-order chi connectivity index (χ0) is 17.6. The molecule has 0 atom stereocenters. The highest BCUT2D eigenvalue weighted by atomic mass is 14.5. The predicted octanol–water partition coefficient (Wildman–Crippen LogP) is 7.42. The SMILES string of the molecule is CCCC1(CC2=Cc3c(cccc3-c3ccc4ccccc4c3)C2)CC1. The molecular formula is C26H26. The Morgan fingerprint density at radius 2 is 1.73 bits per heavy atom. The Bertz CT molecular complexity index is 1000. The summed E-state index contributed by atoms with van der Waals surface area (Å²) in [4.78, 5) is 0. The lowest BCUT2D eigenvalue weighted by Crippen LogP contribution is -2.01. The van der Waals surface area contributed by atoms with E-state index < -0.39 is 0 Å². The summed E-state index contributed by atoms with van der Waals surface area (Å²) in [7, 11) is 0. The molecular weight excluding hydrogens is 312 g/mol. The first-order chi connectivity index (χ1) is 12.8. The molecule has 2 aliphatic carbocycles. The topological polar surface area (TPSA) is 0 Å². The second-order valence-corrected chi connectivity index (χ2v) is 8.35. The Morgan fingerprint density at radius 3 is 2.54 bits per heavy atom. The molecule has 0 aromatic heterocycles. The molecule has 3 aromatic carbocycles. The zero-order valence-electron chi connectivity index (χ0n) is 15.6. The van der Waals surface area contributed by atoms with Gasteiger partial charge in [-0.1, -0.05) is 79.6 Å². The summed E-state index contributed by atoms with van der Waals surface area (Å²) in [6, 6.07) is 22.4. The van der Waals surface area contributed by atoms with Crippen molar-refractivity contribution < 1.29 is 0 Å². The minimum absolute atomic E-state index is 0.645. The highest BCUT2D eigenvalue weighted by molar-refractivity contribution is 5.90. The molecule has 0 N–H and O–H groups in total. The first-order valence-corrected chi connectivity index (χ1v) is 10.1. The third-order valence-electron chi connectivity index (χ3n) is 6.36. The summed E-state index contributed by atoms with van der Waals surface area (Å²) in [6.45, 7) is 2.33. The van der Waals surface area contributed by atoms with Gasteiger partial charge < -0.3 is 0 Å². The largest absolute Gasteiger partial charge is 0.0654 e. The van der Waals surface area contributed by atoms with Crippen molar-refractivity contribution in [3.05, 3.63) is 77.4 Å². The van der Waals surface area contributed by atoms with E-state index in [0.29, 0.717) is 5.41 Å². The monoisotopic (exact) mass is 338 g/mol. The fraction of sp³-hybridized carbons (Fsp3) is 0.308. The summed E-state index contributed by atoms with van der Waals surface area (Å²) < 4.78 is 0. The molecule has 0 radical (unpaired) electrons. The van der Waals surface area contributed by atoms with E-state index in [1.165, 1.54) is 65.1 Å². The summed E-state index contributed by atoms with van der Waals surface area (Å²) in [6.07, 6.45) is 10.6. The molecule has 1 fully saturated rings. The first kappa shape index (κ1) is 15.9. The summed E-state index contributed by atoms with van der Waals surface area (Å²) >= 11 is 0. The normalized spacial score (nSPS) is 17.2.